The van der Waals surface area contributed by atoms with E-state index in [-0.39, 0.29) is 0 Å². The molecule has 2 aromatic heterocycles. The number of imidazole rings is 1. The number of nitrogens with two attached hydrogens (primary N) is 1. The van der Waals surface area contributed by atoms with Gasteiger partial charge in [-0.15, -0.1) is 0 Å². The lowest BCUT2D eigenvalue weighted by Crippen LogP contribution is -2.06. The van der Waals surface area contributed by atoms with Crippen molar-refractivity contribution in [3.63, 3.8) is 0 Å². The van der Waals surface area contributed by atoms with E-state index in [9.17, 15) is 0 Å². The Balaban J connectivity index is 2.09. The Hall–Kier alpha value is -1.72. The van der Waals surface area contributed by atoms with Crippen molar-refractivity contribution in [2.75, 3.05) is 6.54 Å². The molecule has 1 aromatic carbocycles. The van der Waals surface area contributed by atoms with Gasteiger partial charge < -0.3 is 5.73 Å². The van der Waals surface area contributed by atoms with Crippen LogP contribution in [-0.4, -0.2) is 21.1 Å². The van der Waals surface area contributed by atoms with E-state index in [1.165, 1.54) is 0 Å². The van der Waals surface area contributed by atoms with Crippen LogP contribution in [0.25, 0.3) is 16.9 Å². The van der Waals surface area contributed by atoms with Crippen LogP contribution in [0.4, 0.5) is 0 Å². The van der Waals surface area contributed by atoms with Crippen molar-refractivity contribution in [1.82, 2.24) is 14.6 Å². The van der Waals surface area contributed by atoms with Crippen LogP contribution in [0.5, 0.6) is 0 Å². The summed E-state index contributed by atoms with van der Waals surface area (Å²) in [5, 5.41) is 4.64. The SMILES string of the molecule is NCCc1cnc2ccc(-c3ccc(Br)cc3)nn12. The molecule has 0 aliphatic carbocycles. The van der Waals surface area contributed by atoms with Gasteiger partial charge in [-0.1, -0.05) is 28.1 Å². The Morgan fingerprint density at radius 1 is 1.11 bits per heavy atom. The van der Waals surface area contributed by atoms with E-state index in [0.717, 1.165) is 33.5 Å². The number of fused-ring (bicyclic) bond motifs is 1. The summed E-state index contributed by atoms with van der Waals surface area (Å²) in [6.45, 7) is 0.595. The summed E-state index contributed by atoms with van der Waals surface area (Å²) in [6, 6.07) is 12.1. The zero-order valence-corrected chi connectivity index (χ0v) is 11.8. The first-order chi connectivity index (χ1) is 9.28. The summed E-state index contributed by atoms with van der Waals surface area (Å²) in [6.07, 6.45) is 2.61. The molecule has 0 unspecified atom stereocenters. The van der Waals surface area contributed by atoms with Crippen molar-refractivity contribution < 1.29 is 0 Å². The predicted octanol–water partition coefficient (Wildman–Crippen LogP) is 2.66. The number of aromatic nitrogens is 3. The summed E-state index contributed by atoms with van der Waals surface area (Å²) in [5.41, 5.74) is 9.50. The van der Waals surface area contributed by atoms with E-state index < -0.39 is 0 Å². The number of nitrogens with zero attached hydrogens (tertiary/aromatic N) is 3. The van der Waals surface area contributed by atoms with Gasteiger partial charge in [-0.3, -0.25) is 0 Å². The van der Waals surface area contributed by atoms with Gasteiger partial charge in [0.1, 0.15) is 0 Å². The third-order valence-corrected chi connectivity index (χ3v) is 3.50. The molecule has 0 saturated heterocycles. The van der Waals surface area contributed by atoms with Crippen LogP contribution in [0, 0.1) is 0 Å². The van der Waals surface area contributed by atoms with Crippen LogP contribution in [0.3, 0.4) is 0 Å². The van der Waals surface area contributed by atoms with E-state index in [1.807, 2.05) is 47.1 Å². The topological polar surface area (TPSA) is 56.2 Å². The van der Waals surface area contributed by atoms with Crippen molar-refractivity contribution >= 4 is 21.6 Å². The quantitative estimate of drug-likeness (QED) is 0.808. The zero-order chi connectivity index (χ0) is 13.2. The van der Waals surface area contributed by atoms with Crippen LogP contribution < -0.4 is 5.73 Å². The molecule has 0 aliphatic rings. The van der Waals surface area contributed by atoms with Gasteiger partial charge in [0.05, 0.1) is 17.6 Å². The molecular formula is C14H13BrN4. The van der Waals surface area contributed by atoms with Gasteiger partial charge in [-0.25, -0.2) is 9.50 Å². The maximum Gasteiger partial charge on any atom is 0.153 e. The summed E-state index contributed by atoms with van der Waals surface area (Å²) in [7, 11) is 0. The highest BCUT2D eigenvalue weighted by atomic mass is 79.9. The smallest absolute Gasteiger partial charge is 0.153 e. The second kappa shape index (κ2) is 5.11. The highest BCUT2D eigenvalue weighted by molar-refractivity contribution is 9.10. The predicted molar refractivity (Wildman–Crippen MR) is 78.9 cm³/mol. The van der Waals surface area contributed by atoms with Crippen molar-refractivity contribution in [2.45, 2.75) is 6.42 Å². The first kappa shape index (κ1) is 12.3. The Labute approximate surface area is 119 Å². The third kappa shape index (κ3) is 2.39. The second-order valence-electron chi connectivity index (χ2n) is 4.28. The third-order valence-electron chi connectivity index (χ3n) is 2.97. The minimum atomic E-state index is 0.595. The van der Waals surface area contributed by atoms with Crippen molar-refractivity contribution in [1.29, 1.82) is 0 Å². The van der Waals surface area contributed by atoms with Crippen molar-refractivity contribution in [3.8, 4) is 11.3 Å². The molecule has 0 spiro atoms. The lowest BCUT2D eigenvalue weighted by molar-refractivity contribution is 0.830. The molecule has 2 N–H and O–H groups in total. The maximum absolute atomic E-state index is 5.60. The molecule has 0 radical (unpaired) electrons. The molecule has 0 bridgehead atoms. The Kier molecular flexibility index (Phi) is 3.31. The van der Waals surface area contributed by atoms with Crippen LogP contribution in [0.15, 0.2) is 47.1 Å². The number of benzene rings is 1. The summed E-state index contributed by atoms with van der Waals surface area (Å²) in [4.78, 5) is 4.32. The van der Waals surface area contributed by atoms with Crippen molar-refractivity contribution in [3.05, 3.63) is 52.8 Å². The van der Waals surface area contributed by atoms with Gasteiger partial charge in [0, 0.05) is 16.5 Å². The molecule has 96 valence electrons. The Morgan fingerprint density at radius 2 is 1.89 bits per heavy atom. The van der Waals surface area contributed by atoms with Crippen LogP contribution >= 0.6 is 15.9 Å². The molecule has 2 heterocycles. The minimum Gasteiger partial charge on any atom is -0.330 e. The first-order valence-electron chi connectivity index (χ1n) is 6.07. The average Bonchev–Trinajstić information content (AvgIpc) is 2.83. The van der Waals surface area contributed by atoms with Gasteiger partial charge in [0.2, 0.25) is 0 Å². The van der Waals surface area contributed by atoms with Gasteiger partial charge in [0.15, 0.2) is 5.65 Å². The molecule has 4 nitrogen and oxygen atoms in total. The van der Waals surface area contributed by atoms with Gasteiger partial charge >= 0.3 is 0 Å². The normalized spacial score (nSPS) is 11.1. The van der Waals surface area contributed by atoms with Crippen LogP contribution in [0.1, 0.15) is 5.69 Å². The molecule has 19 heavy (non-hydrogen) atoms. The summed E-state index contributed by atoms with van der Waals surface area (Å²) < 4.78 is 2.92. The molecule has 0 atom stereocenters. The highest BCUT2D eigenvalue weighted by Crippen LogP contribution is 2.20. The Bertz CT molecular complexity index is 703. The summed E-state index contributed by atoms with van der Waals surface area (Å²) in [5.74, 6) is 0. The molecular weight excluding hydrogens is 304 g/mol. The number of rotatable bonds is 3. The lowest BCUT2D eigenvalue weighted by Gasteiger charge is -2.04. The number of hydrogen-bond acceptors (Lipinski definition) is 3. The van der Waals surface area contributed by atoms with E-state index in [1.54, 1.807) is 0 Å². The molecule has 0 amide bonds. The largest absolute Gasteiger partial charge is 0.330 e. The van der Waals surface area contributed by atoms with Gasteiger partial charge in [0.25, 0.3) is 0 Å². The second-order valence-corrected chi connectivity index (χ2v) is 5.20. The van der Waals surface area contributed by atoms with Crippen molar-refractivity contribution in [2.24, 2.45) is 5.73 Å². The molecule has 0 fully saturated rings. The minimum absolute atomic E-state index is 0.595. The van der Waals surface area contributed by atoms with E-state index >= 15 is 0 Å². The fraction of sp³-hybridized carbons (Fsp3) is 0.143. The van der Waals surface area contributed by atoms with E-state index in [4.69, 9.17) is 5.73 Å². The van der Waals surface area contributed by atoms with E-state index in [0.29, 0.717) is 6.54 Å². The number of halogens is 1. The average molecular weight is 317 g/mol. The fourth-order valence-corrected chi connectivity index (χ4v) is 2.28. The lowest BCUT2D eigenvalue weighted by atomic mass is 10.1. The standard InChI is InChI=1S/C14H13BrN4/c15-11-3-1-10(2-4-11)13-5-6-14-17-9-12(7-8-16)19(14)18-13/h1-6,9H,7-8,16H2. The first-order valence-corrected chi connectivity index (χ1v) is 6.87. The molecule has 5 heteroatoms. The van der Waals surface area contributed by atoms with Gasteiger partial charge in [-0.05, 0) is 30.8 Å². The number of hydrogen-bond donors (Lipinski definition) is 1. The fourth-order valence-electron chi connectivity index (χ4n) is 2.01. The molecule has 3 rings (SSSR count). The highest BCUT2D eigenvalue weighted by Gasteiger charge is 2.06. The van der Waals surface area contributed by atoms with E-state index in [2.05, 4.69) is 26.0 Å². The monoisotopic (exact) mass is 316 g/mol. The molecule has 3 aromatic rings. The zero-order valence-electron chi connectivity index (χ0n) is 10.3. The molecule has 0 aliphatic heterocycles. The van der Waals surface area contributed by atoms with Gasteiger partial charge in [-0.2, -0.15) is 5.10 Å². The van der Waals surface area contributed by atoms with Crippen LogP contribution in [-0.2, 0) is 6.42 Å². The molecule has 0 saturated carbocycles. The summed E-state index contributed by atoms with van der Waals surface area (Å²) >= 11 is 3.43. The van der Waals surface area contributed by atoms with Crippen LogP contribution in [0.2, 0.25) is 0 Å². The Morgan fingerprint density at radius 3 is 2.63 bits per heavy atom. The maximum atomic E-state index is 5.60.